The first kappa shape index (κ1) is 21.0. The molecule has 0 bridgehead atoms. The van der Waals surface area contributed by atoms with E-state index in [0.29, 0.717) is 44.5 Å². The van der Waals surface area contributed by atoms with Crippen LogP contribution in [0.25, 0.3) is 0 Å². The molecule has 146 valence electrons. The Hall–Kier alpha value is -2.34. The molecule has 2 aromatic carbocycles. The van der Waals surface area contributed by atoms with Crippen molar-refractivity contribution in [3.63, 3.8) is 0 Å². The number of para-hydroxylation sites is 1. The molecule has 2 aromatic rings. The molecule has 1 aliphatic heterocycles. The van der Waals surface area contributed by atoms with Gasteiger partial charge in [0, 0.05) is 44.1 Å². The van der Waals surface area contributed by atoms with Crippen molar-refractivity contribution in [2.75, 3.05) is 18.8 Å². The van der Waals surface area contributed by atoms with Crippen molar-refractivity contribution in [3.05, 3.63) is 59.7 Å². The summed E-state index contributed by atoms with van der Waals surface area (Å²) in [6.45, 7) is 1.13. The van der Waals surface area contributed by atoms with Crippen LogP contribution in [0.15, 0.2) is 42.5 Å². The van der Waals surface area contributed by atoms with Crippen molar-refractivity contribution in [1.82, 2.24) is 4.90 Å². The number of ether oxygens (including phenoxy) is 1. The predicted molar refractivity (Wildman–Crippen MR) is 103 cm³/mol. The molecule has 1 fully saturated rings. The summed E-state index contributed by atoms with van der Waals surface area (Å²) in [5, 5.41) is 0. The molecular formula is C20H23ClF2N2O2. The fraction of sp³-hybridized carbons (Fsp3) is 0.350. The summed E-state index contributed by atoms with van der Waals surface area (Å²) in [7, 11) is 0. The third kappa shape index (κ3) is 5.57. The largest absolute Gasteiger partial charge is 0.487 e. The molecule has 0 aliphatic carbocycles. The molecule has 4 nitrogen and oxygen atoms in total. The highest BCUT2D eigenvalue weighted by Gasteiger charge is 2.24. The van der Waals surface area contributed by atoms with Gasteiger partial charge in [0.1, 0.15) is 11.9 Å². The Labute approximate surface area is 163 Å². The van der Waals surface area contributed by atoms with Gasteiger partial charge in [0.2, 0.25) is 5.91 Å². The lowest BCUT2D eigenvalue weighted by atomic mass is 10.0. The molecule has 0 aromatic heterocycles. The molecule has 3 rings (SSSR count). The van der Waals surface area contributed by atoms with Crippen molar-refractivity contribution in [3.8, 4) is 5.75 Å². The zero-order chi connectivity index (χ0) is 18.5. The molecule has 1 amide bonds. The maximum Gasteiger partial charge on any atom is 0.222 e. The number of hydrogen-bond acceptors (Lipinski definition) is 3. The molecular weight excluding hydrogens is 374 g/mol. The summed E-state index contributed by atoms with van der Waals surface area (Å²) < 4.78 is 32.2. The van der Waals surface area contributed by atoms with Crippen LogP contribution in [0.1, 0.15) is 24.8 Å². The number of likely N-dealkylation sites (tertiary alicyclic amines) is 1. The van der Waals surface area contributed by atoms with E-state index in [4.69, 9.17) is 10.5 Å². The molecule has 27 heavy (non-hydrogen) atoms. The van der Waals surface area contributed by atoms with E-state index in [0.717, 1.165) is 11.6 Å². The minimum atomic E-state index is -0.705. The average Bonchev–Trinajstić information content (AvgIpc) is 2.64. The van der Waals surface area contributed by atoms with Crippen molar-refractivity contribution >= 4 is 24.0 Å². The van der Waals surface area contributed by atoms with Gasteiger partial charge in [-0.1, -0.05) is 18.2 Å². The third-order valence-corrected chi connectivity index (χ3v) is 4.65. The van der Waals surface area contributed by atoms with Crippen LogP contribution in [0.2, 0.25) is 0 Å². The standard InChI is InChI=1S/C20H22F2N2O2.ClH/c21-15-6-7-19(17(22)13-15)26-16-9-11-24(12-10-16)20(25)8-5-14-3-1-2-4-18(14)23;/h1-4,6-7,13,16H,5,8-12,23H2;1H. The minimum absolute atomic E-state index is 0. The number of anilines is 1. The van der Waals surface area contributed by atoms with E-state index >= 15 is 0 Å². The normalized spacial score (nSPS) is 14.5. The second-order valence-corrected chi connectivity index (χ2v) is 6.47. The van der Waals surface area contributed by atoms with E-state index < -0.39 is 11.6 Å². The van der Waals surface area contributed by atoms with E-state index in [2.05, 4.69) is 0 Å². The summed E-state index contributed by atoms with van der Waals surface area (Å²) >= 11 is 0. The summed E-state index contributed by atoms with van der Waals surface area (Å²) in [5.41, 5.74) is 7.58. The molecule has 0 unspecified atom stereocenters. The summed E-state index contributed by atoms with van der Waals surface area (Å²) in [6.07, 6.45) is 2.09. The maximum absolute atomic E-state index is 13.7. The molecule has 1 heterocycles. The lowest BCUT2D eigenvalue weighted by Crippen LogP contribution is -2.41. The van der Waals surface area contributed by atoms with Gasteiger partial charge < -0.3 is 15.4 Å². The van der Waals surface area contributed by atoms with Crippen LogP contribution in [0, 0.1) is 11.6 Å². The Morgan fingerprint density at radius 3 is 2.52 bits per heavy atom. The SMILES string of the molecule is Cl.Nc1ccccc1CCC(=O)N1CCC(Oc2ccc(F)cc2F)CC1. The number of nitrogens with zero attached hydrogens (tertiary/aromatic N) is 1. The number of carbonyl (C=O) groups excluding carboxylic acids is 1. The fourth-order valence-electron chi connectivity index (χ4n) is 3.13. The number of rotatable bonds is 5. The first-order chi connectivity index (χ1) is 12.5. The highest BCUT2D eigenvalue weighted by molar-refractivity contribution is 5.85. The van der Waals surface area contributed by atoms with Crippen LogP contribution in [0.3, 0.4) is 0 Å². The van der Waals surface area contributed by atoms with E-state index in [1.54, 1.807) is 4.90 Å². The predicted octanol–water partition coefficient (Wildman–Crippen LogP) is 3.97. The van der Waals surface area contributed by atoms with Crippen molar-refractivity contribution in [1.29, 1.82) is 0 Å². The lowest BCUT2D eigenvalue weighted by molar-refractivity contribution is -0.132. The number of piperidine rings is 1. The van der Waals surface area contributed by atoms with Crippen molar-refractivity contribution in [2.24, 2.45) is 0 Å². The van der Waals surface area contributed by atoms with Gasteiger partial charge >= 0.3 is 0 Å². The number of nitrogen functional groups attached to an aromatic ring is 1. The first-order valence-corrected chi connectivity index (χ1v) is 8.76. The number of amides is 1. The third-order valence-electron chi connectivity index (χ3n) is 4.65. The van der Waals surface area contributed by atoms with Crippen LogP contribution < -0.4 is 10.5 Å². The number of benzene rings is 2. The van der Waals surface area contributed by atoms with Crippen molar-refractivity contribution < 1.29 is 18.3 Å². The first-order valence-electron chi connectivity index (χ1n) is 8.76. The quantitative estimate of drug-likeness (QED) is 0.778. The number of halogens is 3. The lowest BCUT2D eigenvalue weighted by Gasteiger charge is -2.32. The Kier molecular flexibility index (Phi) is 7.42. The van der Waals surface area contributed by atoms with Crippen molar-refractivity contribution in [2.45, 2.75) is 31.8 Å². The van der Waals surface area contributed by atoms with Crippen LogP contribution in [-0.4, -0.2) is 30.0 Å². The monoisotopic (exact) mass is 396 g/mol. The average molecular weight is 397 g/mol. The highest BCUT2D eigenvalue weighted by Crippen LogP contribution is 2.23. The van der Waals surface area contributed by atoms with E-state index in [-0.39, 0.29) is 30.2 Å². The number of nitrogens with two attached hydrogens (primary N) is 1. The van der Waals surface area contributed by atoms with Gasteiger partial charge in [-0.3, -0.25) is 4.79 Å². The van der Waals surface area contributed by atoms with Crippen LogP contribution >= 0.6 is 12.4 Å². The second kappa shape index (κ2) is 9.55. The summed E-state index contributed by atoms with van der Waals surface area (Å²) in [5.74, 6) is -1.20. The summed E-state index contributed by atoms with van der Waals surface area (Å²) in [4.78, 5) is 14.2. The molecule has 2 N–H and O–H groups in total. The van der Waals surface area contributed by atoms with Gasteiger partial charge in [-0.2, -0.15) is 0 Å². The van der Waals surface area contributed by atoms with E-state index in [9.17, 15) is 13.6 Å². The molecule has 0 saturated carbocycles. The second-order valence-electron chi connectivity index (χ2n) is 6.47. The van der Waals surface area contributed by atoms with Crippen LogP contribution in [0.5, 0.6) is 5.75 Å². The Bertz CT molecular complexity index is 780. The molecule has 0 atom stereocenters. The van der Waals surface area contributed by atoms with Crippen LogP contribution in [-0.2, 0) is 11.2 Å². The van der Waals surface area contributed by atoms with Gasteiger partial charge in [0.05, 0.1) is 0 Å². The molecule has 7 heteroatoms. The van der Waals surface area contributed by atoms with Gasteiger partial charge in [-0.05, 0) is 30.2 Å². The van der Waals surface area contributed by atoms with Crippen LogP contribution in [0.4, 0.5) is 14.5 Å². The maximum atomic E-state index is 13.7. The zero-order valence-corrected chi connectivity index (χ0v) is 15.7. The zero-order valence-electron chi connectivity index (χ0n) is 14.9. The Morgan fingerprint density at radius 2 is 1.85 bits per heavy atom. The van der Waals surface area contributed by atoms with E-state index in [1.807, 2.05) is 24.3 Å². The number of aryl methyl sites for hydroxylation is 1. The van der Waals surface area contributed by atoms with Gasteiger partial charge in [0.15, 0.2) is 11.6 Å². The molecule has 0 spiro atoms. The van der Waals surface area contributed by atoms with Gasteiger partial charge in [-0.15, -0.1) is 12.4 Å². The molecule has 1 aliphatic rings. The topological polar surface area (TPSA) is 55.6 Å². The Morgan fingerprint density at radius 1 is 1.15 bits per heavy atom. The molecule has 0 radical (unpaired) electrons. The minimum Gasteiger partial charge on any atom is -0.487 e. The number of carbonyl (C=O) groups is 1. The number of hydrogen-bond donors (Lipinski definition) is 1. The fourth-order valence-corrected chi connectivity index (χ4v) is 3.13. The smallest absolute Gasteiger partial charge is 0.222 e. The molecule has 1 saturated heterocycles. The summed E-state index contributed by atoms with van der Waals surface area (Å²) in [6, 6.07) is 10.8. The van der Waals surface area contributed by atoms with E-state index in [1.165, 1.54) is 12.1 Å². The Balaban J connectivity index is 0.00000261. The van der Waals surface area contributed by atoms with Gasteiger partial charge in [-0.25, -0.2) is 8.78 Å². The van der Waals surface area contributed by atoms with Gasteiger partial charge in [0.25, 0.3) is 0 Å². The highest BCUT2D eigenvalue weighted by atomic mass is 35.5.